The lowest BCUT2D eigenvalue weighted by molar-refractivity contribution is -0.119. The van der Waals surface area contributed by atoms with Crippen molar-refractivity contribution in [3.63, 3.8) is 0 Å². The fourth-order valence-corrected chi connectivity index (χ4v) is 5.43. The number of carbonyl (C=O) groups excluding carboxylic acids is 3. The van der Waals surface area contributed by atoms with Gasteiger partial charge < -0.3 is 14.8 Å². The molecule has 2 aromatic carbocycles. The van der Waals surface area contributed by atoms with Gasteiger partial charge in [-0.1, -0.05) is 48.5 Å². The number of benzene rings is 2. The molecule has 0 bridgehead atoms. The Bertz CT molecular complexity index is 1180. The van der Waals surface area contributed by atoms with Crippen molar-refractivity contribution in [3.05, 3.63) is 87.3 Å². The molecule has 34 heavy (non-hydrogen) atoms. The summed E-state index contributed by atoms with van der Waals surface area (Å²) in [5.74, 6) is -1.47. The quantitative estimate of drug-likeness (QED) is 0.452. The summed E-state index contributed by atoms with van der Waals surface area (Å²) < 4.78 is 10.6. The average Bonchev–Trinajstić information content (AvgIpc) is 3.21. The van der Waals surface area contributed by atoms with Gasteiger partial charge in [-0.05, 0) is 61.8 Å². The second-order valence-electron chi connectivity index (χ2n) is 8.08. The molecule has 6 nitrogen and oxygen atoms in total. The number of fused-ring (bicyclic) bond motifs is 1. The van der Waals surface area contributed by atoms with E-state index >= 15 is 0 Å². The number of carbonyl (C=O) groups is 3. The van der Waals surface area contributed by atoms with Crippen LogP contribution in [0, 0.1) is 0 Å². The van der Waals surface area contributed by atoms with Gasteiger partial charge in [-0.25, -0.2) is 9.59 Å². The fraction of sp³-hybridized carbons (Fsp3) is 0.296. The number of hydrogen-bond acceptors (Lipinski definition) is 6. The number of hydrogen-bond donors (Lipinski definition) is 1. The number of thiophene rings is 1. The Balaban J connectivity index is 1.43. The highest BCUT2D eigenvalue weighted by Crippen LogP contribution is 2.38. The van der Waals surface area contributed by atoms with E-state index in [4.69, 9.17) is 9.47 Å². The van der Waals surface area contributed by atoms with Crippen molar-refractivity contribution in [3.8, 4) is 0 Å². The maximum absolute atomic E-state index is 12.8. The monoisotopic (exact) mass is 477 g/mol. The first-order valence-electron chi connectivity index (χ1n) is 11.5. The maximum Gasteiger partial charge on any atom is 0.341 e. The highest BCUT2D eigenvalue weighted by atomic mass is 32.1. The number of anilines is 1. The van der Waals surface area contributed by atoms with Gasteiger partial charge in [0, 0.05) is 4.88 Å². The molecule has 0 spiro atoms. The van der Waals surface area contributed by atoms with E-state index < -0.39 is 24.5 Å². The SMILES string of the molecule is CCOC(=O)c1c(NC(=O)COC(=O)c2ccccc2Cc2ccccc2)sc2c1CCCC2. The fourth-order valence-electron chi connectivity index (χ4n) is 4.13. The Labute approximate surface area is 202 Å². The Hall–Kier alpha value is -3.45. The molecule has 0 fully saturated rings. The van der Waals surface area contributed by atoms with Crippen LogP contribution in [-0.2, 0) is 33.5 Å². The predicted octanol–water partition coefficient (Wildman–Crippen LogP) is 5.19. The molecule has 0 radical (unpaired) electrons. The van der Waals surface area contributed by atoms with E-state index in [-0.39, 0.29) is 6.61 Å². The van der Waals surface area contributed by atoms with Gasteiger partial charge in [0.15, 0.2) is 6.61 Å². The lowest BCUT2D eigenvalue weighted by Crippen LogP contribution is -2.22. The van der Waals surface area contributed by atoms with Gasteiger partial charge in [-0.15, -0.1) is 11.3 Å². The molecule has 4 rings (SSSR count). The predicted molar refractivity (Wildman–Crippen MR) is 132 cm³/mol. The molecule has 0 unspecified atom stereocenters. The molecular weight excluding hydrogens is 450 g/mol. The van der Waals surface area contributed by atoms with Crippen LogP contribution in [0.4, 0.5) is 5.00 Å². The van der Waals surface area contributed by atoms with Crippen molar-refractivity contribution in [1.82, 2.24) is 0 Å². The molecule has 0 saturated heterocycles. The summed E-state index contributed by atoms with van der Waals surface area (Å²) in [6.07, 6.45) is 4.33. The lowest BCUT2D eigenvalue weighted by atomic mass is 9.95. The number of nitrogens with one attached hydrogen (secondary N) is 1. The smallest absolute Gasteiger partial charge is 0.341 e. The van der Waals surface area contributed by atoms with E-state index in [0.717, 1.165) is 47.3 Å². The molecule has 1 heterocycles. The minimum absolute atomic E-state index is 0.261. The third kappa shape index (κ3) is 5.54. The Morgan fingerprint density at radius 3 is 2.44 bits per heavy atom. The van der Waals surface area contributed by atoms with Gasteiger partial charge in [0.05, 0.1) is 17.7 Å². The van der Waals surface area contributed by atoms with Gasteiger partial charge in [0.1, 0.15) is 5.00 Å². The van der Waals surface area contributed by atoms with Crippen LogP contribution >= 0.6 is 11.3 Å². The number of rotatable bonds is 8. The van der Waals surface area contributed by atoms with E-state index in [0.29, 0.717) is 22.5 Å². The van der Waals surface area contributed by atoms with E-state index in [1.54, 1.807) is 19.1 Å². The Morgan fingerprint density at radius 1 is 0.912 bits per heavy atom. The third-order valence-corrected chi connectivity index (χ3v) is 6.92. The first-order chi connectivity index (χ1) is 16.6. The highest BCUT2D eigenvalue weighted by Gasteiger charge is 2.27. The summed E-state index contributed by atoms with van der Waals surface area (Å²) in [6, 6.07) is 17.1. The summed E-state index contributed by atoms with van der Waals surface area (Å²) in [6.45, 7) is 1.57. The molecule has 1 aromatic heterocycles. The molecule has 0 aliphatic heterocycles. The topological polar surface area (TPSA) is 81.7 Å². The van der Waals surface area contributed by atoms with E-state index in [2.05, 4.69) is 5.32 Å². The van der Waals surface area contributed by atoms with Crippen molar-refractivity contribution < 1.29 is 23.9 Å². The van der Waals surface area contributed by atoms with Crippen LogP contribution in [0.3, 0.4) is 0 Å². The second-order valence-corrected chi connectivity index (χ2v) is 9.18. The third-order valence-electron chi connectivity index (χ3n) is 5.71. The van der Waals surface area contributed by atoms with Gasteiger partial charge in [0.2, 0.25) is 0 Å². The molecule has 0 atom stereocenters. The van der Waals surface area contributed by atoms with Gasteiger partial charge in [-0.3, -0.25) is 4.79 Å². The molecule has 1 N–H and O–H groups in total. The van der Waals surface area contributed by atoms with Crippen molar-refractivity contribution in [2.45, 2.75) is 39.0 Å². The van der Waals surface area contributed by atoms with Crippen LogP contribution in [0.2, 0.25) is 0 Å². The van der Waals surface area contributed by atoms with Gasteiger partial charge in [0.25, 0.3) is 5.91 Å². The van der Waals surface area contributed by atoms with Crippen molar-refractivity contribution in [1.29, 1.82) is 0 Å². The summed E-state index contributed by atoms with van der Waals surface area (Å²) in [5.41, 5.74) is 3.74. The van der Waals surface area contributed by atoms with Crippen LogP contribution in [0.15, 0.2) is 54.6 Å². The van der Waals surface area contributed by atoms with E-state index in [1.807, 2.05) is 42.5 Å². The zero-order chi connectivity index (χ0) is 23.9. The van der Waals surface area contributed by atoms with Crippen LogP contribution in [0.25, 0.3) is 0 Å². The Morgan fingerprint density at radius 2 is 1.65 bits per heavy atom. The summed E-state index contributed by atoms with van der Waals surface area (Å²) in [5, 5.41) is 3.24. The molecule has 3 aromatic rings. The minimum atomic E-state index is -0.558. The largest absolute Gasteiger partial charge is 0.462 e. The zero-order valence-electron chi connectivity index (χ0n) is 19.1. The standard InChI is InChI=1S/C27H27NO5S/c1-2-32-27(31)24-21-14-8-9-15-22(21)34-25(24)28-23(29)17-33-26(30)20-13-7-6-12-19(20)16-18-10-4-3-5-11-18/h3-7,10-13H,2,8-9,14-17H2,1H3,(H,28,29). The normalized spacial score (nSPS) is 12.5. The van der Waals surface area contributed by atoms with Crippen LogP contribution in [0.1, 0.15) is 62.0 Å². The molecule has 0 saturated carbocycles. The van der Waals surface area contributed by atoms with Crippen LogP contribution in [0.5, 0.6) is 0 Å². The van der Waals surface area contributed by atoms with Crippen molar-refractivity contribution >= 4 is 34.2 Å². The maximum atomic E-state index is 12.8. The molecule has 1 aliphatic rings. The first kappa shape index (κ1) is 23.7. The Kier molecular flexibility index (Phi) is 7.75. The minimum Gasteiger partial charge on any atom is -0.462 e. The van der Waals surface area contributed by atoms with Crippen molar-refractivity contribution in [2.24, 2.45) is 0 Å². The van der Waals surface area contributed by atoms with Gasteiger partial charge in [-0.2, -0.15) is 0 Å². The summed E-state index contributed by atoms with van der Waals surface area (Å²) in [4.78, 5) is 39.1. The average molecular weight is 478 g/mol. The number of ether oxygens (including phenoxy) is 2. The van der Waals surface area contributed by atoms with Crippen LogP contribution < -0.4 is 5.32 Å². The molecular formula is C27H27NO5S. The van der Waals surface area contributed by atoms with E-state index in [1.165, 1.54) is 11.3 Å². The van der Waals surface area contributed by atoms with Gasteiger partial charge >= 0.3 is 11.9 Å². The first-order valence-corrected chi connectivity index (χ1v) is 12.3. The number of esters is 2. The molecule has 1 aliphatic carbocycles. The molecule has 176 valence electrons. The van der Waals surface area contributed by atoms with Crippen LogP contribution in [-0.4, -0.2) is 31.1 Å². The zero-order valence-corrected chi connectivity index (χ0v) is 19.9. The number of aryl methyl sites for hydroxylation is 1. The molecule has 7 heteroatoms. The second kappa shape index (κ2) is 11.1. The lowest BCUT2D eigenvalue weighted by Gasteiger charge is -2.12. The number of amides is 1. The van der Waals surface area contributed by atoms with E-state index in [9.17, 15) is 14.4 Å². The highest BCUT2D eigenvalue weighted by molar-refractivity contribution is 7.17. The molecule has 1 amide bonds. The van der Waals surface area contributed by atoms with Crippen molar-refractivity contribution in [2.75, 3.05) is 18.5 Å². The summed E-state index contributed by atoms with van der Waals surface area (Å²) >= 11 is 1.41. The summed E-state index contributed by atoms with van der Waals surface area (Å²) in [7, 11) is 0.